The highest BCUT2D eigenvalue weighted by molar-refractivity contribution is 7.89. The number of nitrogens with zero attached hydrogens (tertiary/aromatic N) is 1. The van der Waals surface area contributed by atoms with Gasteiger partial charge in [-0.1, -0.05) is 42.5 Å². The smallest absolute Gasteiger partial charge is 0.244 e. The molecule has 0 fully saturated rings. The van der Waals surface area contributed by atoms with Crippen molar-refractivity contribution in [2.24, 2.45) is 0 Å². The molecule has 0 spiro atoms. The number of amides is 1. The number of hydrogen-bond acceptors (Lipinski definition) is 3. The van der Waals surface area contributed by atoms with Crippen LogP contribution in [0.1, 0.15) is 38.9 Å². The molecule has 0 saturated carbocycles. The van der Waals surface area contributed by atoms with Crippen LogP contribution in [0.4, 0.5) is 4.39 Å². The van der Waals surface area contributed by atoms with Gasteiger partial charge in [0.25, 0.3) is 0 Å². The fraction of sp³-hybridized carbons (Fsp3) is 0.296. The Morgan fingerprint density at radius 2 is 1.56 bits per heavy atom. The fourth-order valence-corrected chi connectivity index (χ4v) is 6.71. The Labute approximate surface area is 200 Å². The van der Waals surface area contributed by atoms with E-state index in [-0.39, 0.29) is 36.1 Å². The zero-order chi connectivity index (χ0) is 24.6. The molecule has 1 aliphatic rings. The Kier molecular flexibility index (Phi) is 6.60. The van der Waals surface area contributed by atoms with E-state index in [1.807, 2.05) is 58.0 Å². The monoisotopic (exact) mass is 480 g/mol. The van der Waals surface area contributed by atoms with Crippen LogP contribution in [0, 0.1) is 33.5 Å². The average molecular weight is 481 g/mol. The van der Waals surface area contributed by atoms with Crippen LogP contribution in [0.5, 0.6) is 0 Å². The minimum Gasteiger partial charge on any atom is -0.351 e. The third-order valence-electron chi connectivity index (χ3n) is 6.75. The molecule has 34 heavy (non-hydrogen) atoms. The van der Waals surface area contributed by atoms with Crippen LogP contribution in [0.2, 0.25) is 0 Å². The van der Waals surface area contributed by atoms with E-state index >= 15 is 0 Å². The zero-order valence-corrected chi connectivity index (χ0v) is 20.7. The molecule has 7 heteroatoms. The first kappa shape index (κ1) is 24.1. The maximum absolute atomic E-state index is 14.1. The molecule has 0 bridgehead atoms. The molecule has 0 aliphatic carbocycles. The molecule has 1 amide bonds. The summed E-state index contributed by atoms with van der Waals surface area (Å²) >= 11 is 0. The number of carbonyl (C=O) groups excluding carboxylic acids is 1. The lowest BCUT2D eigenvalue weighted by molar-refractivity contribution is -0.125. The zero-order valence-electron chi connectivity index (χ0n) is 19.9. The molecule has 0 aromatic heterocycles. The topological polar surface area (TPSA) is 66.5 Å². The molecule has 1 heterocycles. The lowest BCUT2D eigenvalue weighted by Gasteiger charge is -2.36. The van der Waals surface area contributed by atoms with Crippen molar-refractivity contribution in [3.63, 3.8) is 0 Å². The molecule has 5 nitrogen and oxygen atoms in total. The lowest BCUT2D eigenvalue weighted by atomic mass is 9.95. The quantitative estimate of drug-likeness (QED) is 0.585. The maximum atomic E-state index is 14.1. The van der Waals surface area contributed by atoms with E-state index in [9.17, 15) is 17.6 Å². The Morgan fingerprint density at radius 3 is 2.18 bits per heavy atom. The van der Waals surface area contributed by atoms with Crippen LogP contribution >= 0.6 is 0 Å². The van der Waals surface area contributed by atoms with E-state index in [4.69, 9.17) is 0 Å². The molecule has 3 aromatic rings. The van der Waals surface area contributed by atoms with Gasteiger partial charge in [0.15, 0.2) is 0 Å². The Hall–Kier alpha value is -3.03. The summed E-state index contributed by atoms with van der Waals surface area (Å²) < 4.78 is 42.7. The van der Waals surface area contributed by atoms with Gasteiger partial charge in [0.05, 0.1) is 4.90 Å². The highest BCUT2D eigenvalue weighted by atomic mass is 32.2. The van der Waals surface area contributed by atoms with Crippen molar-refractivity contribution in [1.82, 2.24) is 9.62 Å². The summed E-state index contributed by atoms with van der Waals surface area (Å²) in [4.78, 5) is 13.6. The van der Waals surface area contributed by atoms with E-state index in [0.717, 1.165) is 27.8 Å². The molecule has 4 rings (SSSR count). The summed E-state index contributed by atoms with van der Waals surface area (Å²) in [6, 6.07) is 14.6. The summed E-state index contributed by atoms with van der Waals surface area (Å²) in [6.45, 7) is 7.75. The molecule has 1 N–H and O–H groups in total. The number of aryl methyl sites for hydroxylation is 2. The van der Waals surface area contributed by atoms with Gasteiger partial charge >= 0.3 is 0 Å². The largest absolute Gasteiger partial charge is 0.351 e. The number of sulfonamides is 1. The van der Waals surface area contributed by atoms with Gasteiger partial charge in [0.2, 0.25) is 15.9 Å². The number of nitrogens with one attached hydrogen (secondary N) is 1. The average Bonchev–Trinajstić information content (AvgIpc) is 2.81. The van der Waals surface area contributed by atoms with E-state index in [0.29, 0.717) is 11.1 Å². The van der Waals surface area contributed by atoms with Crippen molar-refractivity contribution in [3.8, 4) is 0 Å². The van der Waals surface area contributed by atoms with Gasteiger partial charge in [0, 0.05) is 13.1 Å². The normalized spacial score (nSPS) is 16.2. The second-order valence-corrected chi connectivity index (χ2v) is 10.8. The van der Waals surface area contributed by atoms with Crippen molar-refractivity contribution in [2.45, 2.75) is 58.1 Å². The third-order valence-corrected chi connectivity index (χ3v) is 8.88. The van der Waals surface area contributed by atoms with E-state index < -0.39 is 16.1 Å². The lowest BCUT2D eigenvalue weighted by Crippen LogP contribution is -2.52. The molecular weight excluding hydrogens is 451 g/mol. The van der Waals surface area contributed by atoms with Crippen molar-refractivity contribution in [3.05, 3.63) is 99.4 Å². The van der Waals surface area contributed by atoms with Gasteiger partial charge < -0.3 is 5.32 Å². The van der Waals surface area contributed by atoms with Gasteiger partial charge in [-0.2, -0.15) is 4.31 Å². The maximum Gasteiger partial charge on any atom is 0.244 e. The summed E-state index contributed by atoms with van der Waals surface area (Å²) in [5, 5.41) is 2.86. The van der Waals surface area contributed by atoms with Gasteiger partial charge in [-0.05, 0) is 85.2 Å². The molecule has 0 saturated heterocycles. The standard InChI is InChI=1S/C27H29FN2O3S/c1-17-13-18(2)20(4)26(19(17)3)34(32,33)30-16-23-8-6-5-7-22(23)14-25(30)27(31)29-15-21-9-11-24(28)12-10-21/h5-13,25H,14-16H2,1-4H3,(H,29,31)/t25-/m0/s1. The van der Waals surface area contributed by atoms with Crippen molar-refractivity contribution >= 4 is 15.9 Å². The fourth-order valence-electron chi connectivity index (χ4n) is 4.57. The minimum atomic E-state index is -3.97. The van der Waals surface area contributed by atoms with Crippen LogP contribution in [-0.2, 0) is 34.3 Å². The van der Waals surface area contributed by atoms with E-state index in [1.54, 1.807) is 12.1 Å². The second kappa shape index (κ2) is 9.31. The predicted molar refractivity (Wildman–Crippen MR) is 130 cm³/mol. The van der Waals surface area contributed by atoms with Crippen molar-refractivity contribution in [1.29, 1.82) is 0 Å². The van der Waals surface area contributed by atoms with Crippen LogP contribution in [0.25, 0.3) is 0 Å². The van der Waals surface area contributed by atoms with Gasteiger partial charge in [-0.3, -0.25) is 4.79 Å². The number of benzene rings is 3. The first-order valence-corrected chi connectivity index (χ1v) is 12.7. The molecule has 3 aromatic carbocycles. The van der Waals surface area contributed by atoms with E-state index in [2.05, 4.69) is 5.32 Å². The molecule has 178 valence electrons. The van der Waals surface area contributed by atoms with Crippen molar-refractivity contribution < 1.29 is 17.6 Å². The number of fused-ring (bicyclic) bond motifs is 1. The first-order valence-electron chi connectivity index (χ1n) is 11.3. The summed E-state index contributed by atoms with van der Waals surface area (Å²) in [5.74, 6) is -0.725. The van der Waals surface area contributed by atoms with Crippen LogP contribution in [-0.4, -0.2) is 24.7 Å². The number of rotatable bonds is 5. The number of carbonyl (C=O) groups is 1. The van der Waals surface area contributed by atoms with Gasteiger partial charge in [-0.25, -0.2) is 12.8 Å². The summed E-state index contributed by atoms with van der Waals surface area (Å²) in [7, 11) is -3.97. The number of halogens is 1. The summed E-state index contributed by atoms with van der Waals surface area (Å²) in [5.41, 5.74) is 5.80. The van der Waals surface area contributed by atoms with E-state index in [1.165, 1.54) is 16.4 Å². The van der Waals surface area contributed by atoms with Gasteiger partial charge in [0.1, 0.15) is 11.9 Å². The highest BCUT2D eigenvalue weighted by Gasteiger charge is 2.41. The van der Waals surface area contributed by atoms with Crippen LogP contribution in [0.15, 0.2) is 59.5 Å². The molecular formula is C27H29FN2O3S. The summed E-state index contributed by atoms with van der Waals surface area (Å²) in [6.07, 6.45) is 0.285. The SMILES string of the molecule is Cc1cc(C)c(C)c(S(=O)(=O)N2Cc3ccccc3C[C@H]2C(=O)NCc2ccc(F)cc2)c1C. The van der Waals surface area contributed by atoms with Gasteiger partial charge in [-0.15, -0.1) is 0 Å². The third kappa shape index (κ3) is 4.50. The molecule has 0 unspecified atom stereocenters. The van der Waals surface area contributed by atoms with Crippen LogP contribution in [0.3, 0.4) is 0 Å². The molecule has 1 atom stereocenters. The molecule has 0 radical (unpaired) electrons. The Balaban J connectivity index is 1.72. The van der Waals surface area contributed by atoms with Crippen molar-refractivity contribution in [2.75, 3.05) is 0 Å². The Morgan fingerprint density at radius 1 is 0.971 bits per heavy atom. The molecule has 1 aliphatic heterocycles. The number of hydrogen-bond donors (Lipinski definition) is 1. The highest BCUT2D eigenvalue weighted by Crippen LogP contribution is 2.34. The first-order chi connectivity index (χ1) is 16.1. The van der Waals surface area contributed by atoms with Crippen LogP contribution < -0.4 is 5.32 Å². The predicted octanol–water partition coefficient (Wildman–Crippen LogP) is 4.49. The minimum absolute atomic E-state index is 0.124. The second-order valence-electron chi connectivity index (χ2n) is 8.97. The Bertz CT molecular complexity index is 1320.